The van der Waals surface area contributed by atoms with Gasteiger partial charge in [0.2, 0.25) is 0 Å². The molecule has 0 saturated carbocycles. The van der Waals surface area contributed by atoms with Gasteiger partial charge in [0.1, 0.15) is 0 Å². The van der Waals surface area contributed by atoms with Gasteiger partial charge in [0.25, 0.3) is 0 Å². The summed E-state index contributed by atoms with van der Waals surface area (Å²) in [5, 5.41) is 1.14. The van der Waals surface area contributed by atoms with Gasteiger partial charge in [-0.25, -0.2) is 0 Å². The minimum absolute atomic E-state index is 0.466. The summed E-state index contributed by atoms with van der Waals surface area (Å²) in [7, 11) is 0. The third kappa shape index (κ3) is 3.21. The Morgan fingerprint density at radius 1 is 0.783 bits per heavy atom. The van der Waals surface area contributed by atoms with Gasteiger partial charge >= 0.3 is 142 Å². The Labute approximate surface area is 141 Å². The third-order valence-electron chi connectivity index (χ3n) is 3.77. The number of nitrogens with zero attached hydrogens (tertiary/aromatic N) is 1. The standard InChI is InChI=1S/C20H16N2Se/c1-2-6-15(7-3-1)14-23-17-12-10-16(11-13-17)20-21-18-8-4-5-9-19(18)22-20/h1-13H,14H2,(H,21,22). The number of H-pyrrole nitrogens is 1. The first-order chi connectivity index (χ1) is 11.4. The van der Waals surface area contributed by atoms with Crippen molar-refractivity contribution in [2.24, 2.45) is 0 Å². The van der Waals surface area contributed by atoms with Gasteiger partial charge in [-0.2, -0.15) is 0 Å². The molecule has 23 heavy (non-hydrogen) atoms. The van der Waals surface area contributed by atoms with Crippen molar-refractivity contribution in [1.82, 2.24) is 9.97 Å². The van der Waals surface area contributed by atoms with E-state index in [1.807, 2.05) is 18.2 Å². The summed E-state index contributed by atoms with van der Waals surface area (Å²) in [6, 6.07) is 27.6. The van der Waals surface area contributed by atoms with E-state index in [0.29, 0.717) is 15.0 Å². The van der Waals surface area contributed by atoms with E-state index < -0.39 is 0 Å². The molecule has 1 N–H and O–H groups in total. The maximum atomic E-state index is 4.66. The van der Waals surface area contributed by atoms with Crippen LogP contribution in [-0.4, -0.2) is 24.9 Å². The van der Waals surface area contributed by atoms with E-state index in [-0.39, 0.29) is 0 Å². The first kappa shape index (κ1) is 14.3. The predicted molar refractivity (Wildman–Crippen MR) is 97.1 cm³/mol. The molecule has 0 spiro atoms. The van der Waals surface area contributed by atoms with Gasteiger partial charge in [-0.05, 0) is 0 Å². The van der Waals surface area contributed by atoms with Crippen molar-refractivity contribution in [3.8, 4) is 11.4 Å². The van der Waals surface area contributed by atoms with Gasteiger partial charge in [-0.3, -0.25) is 0 Å². The summed E-state index contributed by atoms with van der Waals surface area (Å²) >= 11 is 0.466. The molecule has 0 fully saturated rings. The first-order valence-electron chi connectivity index (χ1n) is 7.60. The number of imidazole rings is 1. The van der Waals surface area contributed by atoms with Crippen LogP contribution in [0.5, 0.6) is 0 Å². The molecule has 3 heteroatoms. The second kappa shape index (κ2) is 6.41. The SMILES string of the molecule is c1ccc(C[Se]c2ccc(-c3nc4ccccc4[nH]3)cc2)cc1. The third-order valence-corrected chi connectivity index (χ3v) is 6.04. The maximum absolute atomic E-state index is 4.66. The molecule has 4 rings (SSSR count). The van der Waals surface area contributed by atoms with Crippen molar-refractivity contribution in [1.29, 1.82) is 0 Å². The summed E-state index contributed by atoms with van der Waals surface area (Å²) in [5.41, 5.74) is 4.65. The van der Waals surface area contributed by atoms with Crippen molar-refractivity contribution in [3.05, 3.63) is 84.4 Å². The molecule has 3 aromatic carbocycles. The van der Waals surface area contributed by atoms with Crippen LogP contribution in [0.3, 0.4) is 0 Å². The number of nitrogens with one attached hydrogen (secondary N) is 1. The Kier molecular flexibility index (Phi) is 3.97. The van der Waals surface area contributed by atoms with Crippen LogP contribution in [0.4, 0.5) is 0 Å². The van der Waals surface area contributed by atoms with Gasteiger partial charge < -0.3 is 0 Å². The fraction of sp³-hybridized carbons (Fsp3) is 0.0500. The molecule has 0 amide bonds. The van der Waals surface area contributed by atoms with Crippen LogP contribution >= 0.6 is 0 Å². The van der Waals surface area contributed by atoms with E-state index in [1.54, 1.807) is 0 Å². The molecular formula is C20H16N2Se. The molecule has 0 radical (unpaired) electrons. The quantitative estimate of drug-likeness (QED) is 0.550. The number of rotatable bonds is 4. The second-order valence-electron chi connectivity index (χ2n) is 5.40. The zero-order valence-corrected chi connectivity index (χ0v) is 14.3. The summed E-state index contributed by atoms with van der Waals surface area (Å²) in [6.07, 6.45) is 0. The molecular weight excluding hydrogens is 347 g/mol. The summed E-state index contributed by atoms with van der Waals surface area (Å²) in [5.74, 6) is 0.938. The molecule has 0 aliphatic carbocycles. The van der Waals surface area contributed by atoms with Crippen molar-refractivity contribution in [3.63, 3.8) is 0 Å². The van der Waals surface area contributed by atoms with Gasteiger partial charge in [0, 0.05) is 0 Å². The van der Waals surface area contributed by atoms with E-state index in [0.717, 1.165) is 27.7 Å². The van der Waals surface area contributed by atoms with Crippen LogP contribution in [-0.2, 0) is 5.32 Å². The molecule has 0 atom stereocenters. The number of aromatic amines is 1. The van der Waals surface area contributed by atoms with Crippen molar-refractivity contribution in [2.75, 3.05) is 0 Å². The molecule has 0 aliphatic rings. The predicted octanol–water partition coefficient (Wildman–Crippen LogP) is 3.76. The molecule has 0 unspecified atom stereocenters. The van der Waals surface area contributed by atoms with Gasteiger partial charge in [0.05, 0.1) is 0 Å². The fourth-order valence-corrected chi connectivity index (χ4v) is 4.33. The van der Waals surface area contributed by atoms with Crippen molar-refractivity contribution in [2.45, 2.75) is 5.32 Å². The van der Waals surface area contributed by atoms with E-state index in [4.69, 9.17) is 0 Å². The fourth-order valence-electron chi connectivity index (χ4n) is 2.54. The molecule has 1 aromatic heterocycles. The van der Waals surface area contributed by atoms with Crippen LogP contribution < -0.4 is 4.46 Å². The number of fused-ring (bicyclic) bond motifs is 1. The molecule has 0 bridgehead atoms. The zero-order chi connectivity index (χ0) is 15.5. The van der Waals surface area contributed by atoms with E-state index >= 15 is 0 Å². The number of aromatic nitrogens is 2. The van der Waals surface area contributed by atoms with Crippen molar-refractivity contribution >= 4 is 30.5 Å². The second-order valence-corrected chi connectivity index (χ2v) is 7.60. The van der Waals surface area contributed by atoms with Crippen LogP contribution in [0.25, 0.3) is 22.4 Å². The van der Waals surface area contributed by atoms with Crippen LogP contribution in [0, 0.1) is 0 Å². The topological polar surface area (TPSA) is 28.7 Å². The number of benzene rings is 3. The molecule has 2 nitrogen and oxygen atoms in total. The molecule has 0 saturated heterocycles. The van der Waals surface area contributed by atoms with Crippen LogP contribution in [0.2, 0.25) is 0 Å². The molecule has 4 aromatic rings. The Balaban J connectivity index is 1.51. The molecule has 0 aliphatic heterocycles. The number of hydrogen-bond donors (Lipinski definition) is 1. The zero-order valence-electron chi connectivity index (χ0n) is 12.6. The summed E-state index contributed by atoms with van der Waals surface area (Å²) in [6.45, 7) is 0. The van der Waals surface area contributed by atoms with Crippen molar-refractivity contribution < 1.29 is 0 Å². The molecule has 112 valence electrons. The average molecular weight is 363 g/mol. The van der Waals surface area contributed by atoms with Gasteiger partial charge in [-0.1, -0.05) is 0 Å². The minimum atomic E-state index is 0.466. The Bertz CT molecular complexity index is 878. The number of para-hydroxylation sites is 2. The van der Waals surface area contributed by atoms with E-state index in [9.17, 15) is 0 Å². The Hall–Kier alpha value is -2.35. The van der Waals surface area contributed by atoms with Gasteiger partial charge in [-0.15, -0.1) is 0 Å². The summed E-state index contributed by atoms with van der Waals surface area (Å²) < 4.78 is 1.42. The van der Waals surface area contributed by atoms with E-state index in [1.165, 1.54) is 10.0 Å². The number of hydrogen-bond acceptors (Lipinski definition) is 1. The normalized spacial score (nSPS) is 11.0. The Morgan fingerprint density at radius 3 is 2.30 bits per heavy atom. The van der Waals surface area contributed by atoms with Crippen LogP contribution in [0.1, 0.15) is 5.56 Å². The van der Waals surface area contributed by atoms with Gasteiger partial charge in [0.15, 0.2) is 0 Å². The summed E-state index contributed by atoms with van der Waals surface area (Å²) in [4.78, 5) is 8.04. The first-order valence-corrected chi connectivity index (χ1v) is 9.67. The Morgan fingerprint density at radius 2 is 1.52 bits per heavy atom. The monoisotopic (exact) mass is 364 g/mol. The van der Waals surface area contributed by atoms with Crippen LogP contribution in [0.15, 0.2) is 78.9 Å². The van der Waals surface area contributed by atoms with E-state index in [2.05, 4.69) is 70.6 Å². The molecule has 1 heterocycles. The average Bonchev–Trinajstić information content (AvgIpc) is 3.05.